The molecule has 5 nitrogen and oxygen atoms in total. The summed E-state index contributed by atoms with van der Waals surface area (Å²) < 4.78 is 27.9. The van der Waals surface area contributed by atoms with Crippen molar-refractivity contribution in [2.45, 2.75) is 11.3 Å². The van der Waals surface area contributed by atoms with Gasteiger partial charge in [0.25, 0.3) is 0 Å². The van der Waals surface area contributed by atoms with Crippen LogP contribution in [0.3, 0.4) is 0 Å². The smallest absolute Gasteiger partial charge is 0.243 e. The van der Waals surface area contributed by atoms with Crippen LogP contribution in [-0.4, -0.2) is 43.9 Å². The summed E-state index contributed by atoms with van der Waals surface area (Å²) in [4.78, 5) is 4.80. The molecular weight excluding hydrogens is 322 g/mol. The first-order valence-corrected chi connectivity index (χ1v) is 9.59. The summed E-state index contributed by atoms with van der Waals surface area (Å²) in [6.07, 6.45) is 2.51. The molecule has 1 aliphatic rings. The van der Waals surface area contributed by atoms with Gasteiger partial charge in [-0.3, -0.25) is 4.98 Å². The average Bonchev–Trinajstić information content (AvgIpc) is 2.91. The maximum Gasteiger partial charge on any atom is 0.243 e. The van der Waals surface area contributed by atoms with Crippen LogP contribution in [0.2, 0.25) is 0 Å². The summed E-state index contributed by atoms with van der Waals surface area (Å²) in [5, 5.41) is 5.83. The highest BCUT2D eigenvalue weighted by atomic mass is 32.2. The zero-order chi connectivity index (χ0) is 16.6. The quantitative estimate of drug-likeness (QED) is 0.727. The van der Waals surface area contributed by atoms with E-state index in [0.29, 0.717) is 29.9 Å². The molecule has 2 heterocycles. The van der Waals surface area contributed by atoms with E-state index >= 15 is 0 Å². The highest BCUT2D eigenvalue weighted by molar-refractivity contribution is 7.89. The van der Waals surface area contributed by atoms with Gasteiger partial charge in [0.15, 0.2) is 0 Å². The number of benzene rings is 2. The fourth-order valence-corrected chi connectivity index (χ4v) is 4.96. The first-order chi connectivity index (χ1) is 11.7. The summed E-state index contributed by atoms with van der Waals surface area (Å²) in [5.41, 5.74) is 0.874. The zero-order valence-electron chi connectivity index (χ0n) is 13.3. The second kappa shape index (κ2) is 6.12. The maximum atomic E-state index is 13.2. The predicted molar refractivity (Wildman–Crippen MR) is 95.5 cm³/mol. The van der Waals surface area contributed by atoms with Crippen molar-refractivity contribution in [3.05, 3.63) is 48.7 Å². The van der Waals surface area contributed by atoms with Crippen molar-refractivity contribution in [2.75, 3.05) is 26.2 Å². The Labute approximate surface area is 141 Å². The Kier molecular flexibility index (Phi) is 3.96. The molecule has 124 valence electrons. The van der Waals surface area contributed by atoms with E-state index in [1.807, 2.05) is 36.4 Å². The molecule has 0 saturated carbocycles. The highest BCUT2D eigenvalue weighted by Crippen LogP contribution is 2.30. The minimum atomic E-state index is -3.53. The molecule has 0 amide bonds. The molecule has 1 aromatic heterocycles. The van der Waals surface area contributed by atoms with Gasteiger partial charge in [0.05, 0.1) is 10.4 Å². The third-order valence-corrected chi connectivity index (χ3v) is 6.47. The molecule has 4 rings (SSSR count). The maximum absolute atomic E-state index is 13.2. The Bertz CT molecular complexity index is 993. The van der Waals surface area contributed by atoms with Crippen molar-refractivity contribution in [1.82, 2.24) is 14.6 Å². The minimum absolute atomic E-state index is 0.347. The standard InChI is InChI=1S/C18H19N3O2S/c22-24(23,21-11-4-9-19-10-12-21)18-8-3-6-14-15-5-1-2-7-17(15)20-13-16(14)18/h1-3,5-8,13,19H,4,9-12H2. The molecule has 0 radical (unpaired) electrons. The molecule has 1 aliphatic heterocycles. The van der Waals surface area contributed by atoms with Crippen LogP contribution >= 0.6 is 0 Å². The summed E-state index contributed by atoms with van der Waals surface area (Å²) >= 11 is 0. The highest BCUT2D eigenvalue weighted by Gasteiger charge is 2.27. The lowest BCUT2D eigenvalue weighted by Gasteiger charge is -2.20. The molecule has 1 N–H and O–H groups in total. The average molecular weight is 341 g/mol. The van der Waals surface area contributed by atoms with Crippen LogP contribution in [0.1, 0.15) is 6.42 Å². The number of pyridine rings is 1. The largest absolute Gasteiger partial charge is 0.315 e. The summed E-state index contributed by atoms with van der Waals surface area (Å²) in [7, 11) is -3.53. The number of fused-ring (bicyclic) bond motifs is 3. The molecule has 0 aliphatic carbocycles. The lowest BCUT2D eigenvalue weighted by Crippen LogP contribution is -2.34. The van der Waals surface area contributed by atoms with Gasteiger partial charge < -0.3 is 5.32 Å². The molecule has 6 heteroatoms. The van der Waals surface area contributed by atoms with Crippen molar-refractivity contribution in [3.8, 4) is 0 Å². The molecule has 0 atom stereocenters. The molecule has 1 fully saturated rings. The van der Waals surface area contributed by atoms with E-state index in [1.54, 1.807) is 16.6 Å². The van der Waals surface area contributed by atoms with E-state index in [2.05, 4.69) is 10.3 Å². The first kappa shape index (κ1) is 15.5. The fraction of sp³-hybridized carbons (Fsp3) is 0.278. The molecule has 0 spiro atoms. The minimum Gasteiger partial charge on any atom is -0.315 e. The second-order valence-electron chi connectivity index (χ2n) is 6.00. The Hall–Kier alpha value is -2.02. The molecule has 24 heavy (non-hydrogen) atoms. The van der Waals surface area contributed by atoms with Crippen LogP contribution in [0.15, 0.2) is 53.6 Å². The zero-order valence-corrected chi connectivity index (χ0v) is 14.1. The van der Waals surface area contributed by atoms with Crippen molar-refractivity contribution in [1.29, 1.82) is 0 Å². The van der Waals surface area contributed by atoms with Crippen LogP contribution in [0, 0.1) is 0 Å². The van der Waals surface area contributed by atoms with Crippen LogP contribution in [-0.2, 0) is 10.0 Å². The fourth-order valence-electron chi connectivity index (χ4n) is 3.29. The van der Waals surface area contributed by atoms with Crippen LogP contribution in [0.25, 0.3) is 21.7 Å². The van der Waals surface area contributed by atoms with Crippen LogP contribution in [0.5, 0.6) is 0 Å². The van der Waals surface area contributed by atoms with Gasteiger partial charge in [0, 0.05) is 36.6 Å². The number of nitrogens with zero attached hydrogens (tertiary/aromatic N) is 2. The van der Waals surface area contributed by atoms with Crippen molar-refractivity contribution in [3.63, 3.8) is 0 Å². The van der Waals surface area contributed by atoms with Gasteiger partial charge in [-0.2, -0.15) is 4.31 Å². The molecule has 2 aromatic carbocycles. The van der Waals surface area contributed by atoms with Crippen molar-refractivity contribution < 1.29 is 8.42 Å². The number of hydrogen-bond donors (Lipinski definition) is 1. The van der Waals surface area contributed by atoms with Crippen molar-refractivity contribution in [2.24, 2.45) is 0 Å². The number of para-hydroxylation sites is 1. The Balaban J connectivity index is 1.91. The SMILES string of the molecule is O=S(=O)(c1cccc2c1cnc1ccccc12)N1CCCNCC1. The van der Waals surface area contributed by atoms with Gasteiger partial charge >= 0.3 is 0 Å². The number of sulfonamides is 1. The lowest BCUT2D eigenvalue weighted by molar-refractivity contribution is 0.432. The summed E-state index contributed by atoms with van der Waals surface area (Å²) in [6, 6.07) is 13.3. The van der Waals surface area contributed by atoms with Crippen LogP contribution < -0.4 is 5.32 Å². The van der Waals surface area contributed by atoms with Gasteiger partial charge in [-0.15, -0.1) is 0 Å². The van der Waals surface area contributed by atoms with Gasteiger partial charge in [0.1, 0.15) is 0 Å². The predicted octanol–water partition coefficient (Wildman–Crippen LogP) is 2.37. The third-order valence-electron chi connectivity index (χ3n) is 4.51. The van der Waals surface area contributed by atoms with Gasteiger partial charge in [-0.25, -0.2) is 8.42 Å². The number of rotatable bonds is 2. The van der Waals surface area contributed by atoms with Crippen LogP contribution in [0.4, 0.5) is 0 Å². The Morgan fingerprint density at radius 3 is 2.67 bits per heavy atom. The van der Waals surface area contributed by atoms with Gasteiger partial charge in [-0.1, -0.05) is 30.3 Å². The van der Waals surface area contributed by atoms with E-state index in [9.17, 15) is 8.42 Å². The molecule has 0 bridgehead atoms. The third kappa shape index (κ3) is 2.56. The van der Waals surface area contributed by atoms with Gasteiger partial charge in [0.2, 0.25) is 10.0 Å². The van der Waals surface area contributed by atoms with Crippen molar-refractivity contribution >= 4 is 31.7 Å². The van der Waals surface area contributed by atoms with E-state index in [-0.39, 0.29) is 0 Å². The Morgan fingerprint density at radius 1 is 0.917 bits per heavy atom. The monoisotopic (exact) mass is 341 g/mol. The normalized spacial score (nSPS) is 17.2. The topological polar surface area (TPSA) is 62.3 Å². The van der Waals surface area contributed by atoms with E-state index in [1.165, 1.54) is 0 Å². The lowest BCUT2D eigenvalue weighted by atomic mass is 10.1. The number of aromatic nitrogens is 1. The summed E-state index contributed by atoms with van der Waals surface area (Å²) in [6.45, 7) is 2.59. The molecule has 3 aromatic rings. The summed E-state index contributed by atoms with van der Waals surface area (Å²) in [5.74, 6) is 0. The molecular formula is C18H19N3O2S. The second-order valence-corrected chi connectivity index (χ2v) is 7.91. The number of nitrogens with one attached hydrogen (secondary N) is 1. The number of hydrogen-bond acceptors (Lipinski definition) is 4. The van der Waals surface area contributed by atoms with E-state index in [0.717, 1.165) is 29.3 Å². The first-order valence-electron chi connectivity index (χ1n) is 8.15. The Morgan fingerprint density at radius 2 is 1.75 bits per heavy atom. The van der Waals surface area contributed by atoms with E-state index in [4.69, 9.17) is 0 Å². The molecule has 0 unspecified atom stereocenters. The van der Waals surface area contributed by atoms with E-state index < -0.39 is 10.0 Å². The molecule has 1 saturated heterocycles. The van der Waals surface area contributed by atoms with Gasteiger partial charge in [-0.05, 0) is 30.5 Å².